The second-order valence-corrected chi connectivity index (χ2v) is 4.32. The molecule has 2 unspecified atom stereocenters. The second kappa shape index (κ2) is 5.61. The van der Waals surface area contributed by atoms with Gasteiger partial charge in [0.1, 0.15) is 0 Å². The van der Waals surface area contributed by atoms with Gasteiger partial charge in [0.2, 0.25) is 0 Å². The van der Waals surface area contributed by atoms with Gasteiger partial charge in [-0.15, -0.1) is 0 Å². The van der Waals surface area contributed by atoms with Gasteiger partial charge in [-0.05, 0) is 25.7 Å². The summed E-state index contributed by atoms with van der Waals surface area (Å²) >= 11 is 0. The summed E-state index contributed by atoms with van der Waals surface area (Å²) < 4.78 is 5.13. The summed E-state index contributed by atoms with van der Waals surface area (Å²) in [5.41, 5.74) is 0. The van der Waals surface area contributed by atoms with Gasteiger partial charge >= 0.3 is 0 Å². The Morgan fingerprint density at radius 1 is 1.38 bits per heavy atom. The van der Waals surface area contributed by atoms with Crippen molar-refractivity contribution in [2.75, 3.05) is 7.11 Å². The Labute approximate surface area is 81.3 Å². The third-order valence-electron chi connectivity index (χ3n) is 3.09. The van der Waals surface area contributed by atoms with E-state index >= 15 is 0 Å². The van der Waals surface area contributed by atoms with Crippen LogP contribution in [0.4, 0.5) is 0 Å². The molecule has 0 spiro atoms. The topological polar surface area (TPSA) is 29.5 Å². The normalized spacial score (nSPS) is 23.3. The molecule has 1 aliphatic carbocycles. The van der Waals surface area contributed by atoms with Crippen molar-refractivity contribution in [1.82, 2.24) is 0 Å². The van der Waals surface area contributed by atoms with Crippen LogP contribution in [-0.2, 0) is 4.74 Å². The van der Waals surface area contributed by atoms with Gasteiger partial charge < -0.3 is 9.84 Å². The van der Waals surface area contributed by atoms with Crippen LogP contribution in [0.25, 0.3) is 0 Å². The van der Waals surface area contributed by atoms with Crippen LogP contribution in [-0.4, -0.2) is 24.4 Å². The van der Waals surface area contributed by atoms with Crippen LogP contribution in [0.3, 0.4) is 0 Å². The van der Waals surface area contributed by atoms with Gasteiger partial charge in [0.25, 0.3) is 0 Å². The minimum atomic E-state index is -0.155. The van der Waals surface area contributed by atoms with E-state index in [0.29, 0.717) is 0 Å². The van der Waals surface area contributed by atoms with Gasteiger partial charge in [-0.2, -0.15) is 0 Å². The highest BCUT2D eigenvalue weighted by molar-refractivity contribution is 4.72. The Hall–Kier alpha value is -0.0800. The molecule has 0 saturated heterocycles. The molecule has 1 aliphatic rings. The summed E-state index contributed by atoms with van der Waals surface area (Å²) in [5, 5.41) is 9.73. The fraction of sp³-hybridized carbons (Fsp3) is 1.00. The molecule has 1 saturated carbocycles. The molecule has 13 heavy (non-hydrogen) atoms. The summed E-state index contributed by atoms with van der Waals surface area (Å²) in [6.07, 6.45) is 7.15. The smallest absolute Gasteiger partial charge is 0.0567 e. The van der Waals surface area contributed by atoms with Gasteiger partial charge in [-0.3, -0.25) is 0 Å². The Bertz CT molecular complexity index is 130. The third-order valence-corrected chi connectivity index (χ3v) is 3.09. The molecule has 0 bridgehead atoms. The maximum atomic E-state index is 9.73. The minimum Gasteiger partial charge on any atom is -0.393 e. The van der Waals surface area contributed by atoms with E-state index in [9.17, 15) is 5.11 Å². The summed E-state index contributed by atoms with van der Waals surface area (Å²) in [6.45, 7) is 2.01. The molecule has 0 heterocycles. The van der Waals surface area contributed by atoms with Crippen molar-refractivity contribution in [3.63, 3.8) is 0 Å². The Kier molecular flexibility index (Phi) is 4.74. The van der Waals surface area contributed by atoms with Crippen molar-refractivity contribution in [1.29, 1.82) is 0 Å². The van der Waals surface area contributed by atoms with Gasteiger partial charge in [0.15, 0.2) is 0 Å². The van der Waals surface area contributed by atoms with E-state index < -0.39 is 0 Å². The number of aliphatic hydroxyl groups is 1. The molecular weight excluding hydrogens is 164 g/mol. The lowest BCUT2D eigenvalue weighted by Gasteiger charge is -2.18. The van der Waals surface area contributed by atoms with Crippen LogP contribution in [0.1, 0.15) is 45.4 Å². The molecule has 2 nitrogen and oxygen atoms in total. The summed E-state index contributed by atoms with van der Waals surface area (Å²) in [5.74, 6) is 0.777. The van der Waals surface area contributed by atoms with Gasteiger partial charge in [0.05, 0.1) is 12.2 Å². The number of ether oxygens (including phenoxy) is 1. The van der Waals surface area contributed by atoms with Crippen LogP contribution in [0.2, 0.25) is 0 Å². The van der Waals surface area contributed by atoms with E-state index in [1.54, 1.807) is 7.11 Å². The molecular formula is C11H22O2. The molecule has 78 valence electrons. The van der Waals surface area contributed by atoms with E-state index in [0.717, 1.165) is 18.8 Å². The fourth-order valence-corrected chi connectivity index (χ4v) is 2.21. The largest absolute Gasteiger partial charge is 0.393 e. The van der Waals surface area contributed by atoms with Crippen molar-refractivity contribution in [2.24, 2.45) is 5.92 Å². The zero-order valence-electron chi connectivity index (χ0n) is 8.83. The maximum absolute atomic E-state index is 9.73. The highest BCUT2D eigenvalue weighted by Crippen LogP contribution is 2.29. The van der Waals surface area contributed by atoms with Crippen LogP contribution in [0, 0.1) is 5.92 Å². The summed E-state index contributed by atoms with van der Waals surface area (Å²) in [4.78, 5) is 0. The highest BCUT2D eigenvalue weighted by atomic mass is 16.5. The Balaban J connectivity index is 2.12. The quantitative estimate of drug-likeness (QED) is 0.714. The molecule has 0 radical (unpaired) electrons. The molecule has 2 heteroatoms. The predicted molar refractivity (Wildman–Crippen MR) is 53.7 cm³/mol. The van der Waals surface area contributed by atoms with Crippen LogP contribution in [0.15, 0.2) is 0 Å². The molecule has 1 rings (SSSR count). The average molecular weight is 186 g/mol. The number of hydrogen-bond donors (Lipinski definition) is 1. The van der Waals surface area contributed by atoms with E-state index in [1.165, 1.54) is 25.7 Å². The van der Waals surface area contributed by atoms with Crippen molar-refractivity contribution in [2.45, 2.75) is 57.7 Å². The average Bonchev–Trinajstić information content (AvgIpc) is 2.56. The highest BCUT2D eigenvalue weighted by Gasteiger charge is 2.19. The molecule has 0 aliphatic heterocycles. The van der Waals surface area contributed by atoms with Gasteiger partial charge in [-0.1, -0.05) is 25.7 Å². The molecule has 0 amide bonds. The van der Waals surface area contributed by atoms with Gasteiger partial charge in [-0.25, -0.2) is 0 Å². The van der Waals surface area contributed by atoms with Gasteiger partial charge in [0, 0.05) is 7.11 Å². The van der Waals surface area contributed by atoms with E-state index in [4.69, 9.17) is 4.74 Å². The first kappa shape index (κ1) is 11.0. The Morgan fingerprint density at radius 2 is 2.00 bits per heavy atom. The SMILES string of the molecule is COC(C)CC(O)CC1CCCC1. The van der Waals surface area contributed by atoms with E-state index in [2.05, 4.69) is 0 Å². The standard InChI is InChI=1S/C11H22O2/c1-9(13-2)7-11(12)8-10-5-3-4-6-10/h9-12H,3-8H2,1-2H3. The Morgan fingerprint density at radius 3 is 2.54 bits per heavy atom. The molecule has 1 N–H and O–H groups in total. The van der Waals surface area contributed by atoms with E-state index in [1.807, 2.05) is 6.92 Å². The van der Waals surface area contributed by atoms with Crippen LogP contribution >= 0.6 is 0 Å². The van der Waals surface area contributed by atoms with E-state index in [-0.39, 0.29) is 12.2 Å². The van der Waals surface area contributed by atoms with Crippen molar-refractivity contribution >= 4 is 0 Å². The van der Waals surface area contributed by atoms with Crippen LogP contribution < -0.4 is 0 Å². The van der Waals surface area contributed by atoms with Crippen molar-refractivity contribution < 1.29 is 9.84 Å². The van der Waals surface area contributed by atoms with Crippen molar-refractivity contribution in [3.05, 3.63) is 0 Å². The number of rotatable bonds is 5. The zero-order chi connectivity index (χ0) is 9.68. The number of methoxy groups -OCH3 is 1. The fourth-order valence-electron chi connectivity index (χ4n) is 2.21. The maximum Gasteiger partial charge on any atom is 0.0567 e. The monoisotopic (exact) mass is 186 g/mol. The first-order chi connectivity index (χ1) is 6.22. The first-order valence-corrected chi connectivity index (χ1v) is 5.43. The lowest BCUT2D eigenvalue weighted by molar-refractivity contribution is 0.0460. The summed E-state index contributed by atoms with van der Waals surface area (Å²) in [6, 6.07) is 0. The molecule has 0 aromatic heterocycles. The summed E-state index contributed by atoms with van der Waals surface area (Å²) in [7, 11) is 1.70. The minimum absolute atomic E-state index is 0.155. The molecule has 1 fully saturated rings. The number of aliphatic hydroxyl groups excluding tert-OH is 1. The predicted octanol–water partition coefficient (Wildman–Crippen LogP) is 2.35. The second-order valence-electron chi connectivity index (χ2n) is 4.32. The van der Waals surface area contributed by atoms with Crippen LogP contribution in [0.5, 0.6) is 0 Å². The number of hydrogen-bond acceptors (Lipinski definition) is 2. The lowest BCUT2D eigenvalue weighted by Crippen LogP contribution is -2.19. The van der Waals surface area contributed by atoms with Crippen molar-refractivity contribution in [3.8, 4) is 0 Å². The molecule has 0 aromatic rings. The molecule has 0 aromatic carbocycles. The molecule has 2 atom stereocenters. The first-order valence-electron chi connectivity index (χ1n) is 5.43. The lowest BCUT2D eigenvalue weighted by atomic mass is 9.97. The zero-order valence-corrected chi connectivity index (χ0v) is 8.83. The third kappa shape index (κ3) is 4.10.